The third-order valence-electron chi connectivity index (χ3n) is 2.10. The van der Waals surface area contributed by atoms with E-state index < -0.39 is 0 Å². The maximum Gasteiger partial charge on any atom is 0.331 e. The number of allylic oxidation sites excluding steroid dienone is 1. The Morgan fingerprint density at radius 3 is 2.56 bits per heavy atom. The van der Waals surface area contributed by atoms with E-state index in [1.54, 1.807) is 6.92 Å². The van der Waals surface area contributed by atoms with E-state index in [-0.39, 0.29) is 11.3 Å². The maximum atomic E-state index is 11.4. The van der Waals surface area contributed by atoms with E-state index >= 15 is 0 Å². The summed E-state index contributed by atoms with van der Waals surface area (Å²) in [6, 6.07) is 9.58. The Labute approximate surface area is 101 Å². The zero-order chi connectivity index (χ0) is 12.0. The van der Waals surface area contributed by atoms with Crippen LogP contribution in [-0.4, -0.2) is 18.0 Å². The number of halogens is 1. The lowest BCUT2D eigenvalue weighted by atomic mass is 10.0. The van der Waals surface area contributed by atoms with Crippen molar-refractivity contribution < 1.29 is 9.53 Å². The number of ether oxygens (including phenoxy) is 1. The van der Waals surface area contributed by atoms with E-state index in [9.17, 15) is 4.79 Å². The first-order chi connectivity index (χ1) is 7.65. The van der Waals surface area contributed by atoms with Crippen molar-refractivity contribution in [2.24, 2.45) is 0 Å². The summed E-state index contributed by atoms with van der Waals surface area (Å²) < 4.78 is 4.87. The van der Waals surface area contributed by atoms with Gasteiger partial charge in [-0.2, -0.15) is 0 Å². The second-order valence-corrected chi connectivity index (χ2v) is 3.99. The molecule has 0 spiro atoms. The maximum absolute atomic E-state index is 11.4. The number of alkyl halides is 1. The van der Waals surface area contributed by atoms with Crippen LogP contribution in [-0.2, 0) is 9.53 Å². The number of carbonyl (C=O) groups is 1. The van der Waals surface area contributed by atoms with Crippen LogP contribution in [0.25, 0.3) is 5.57 Å². The van der Waals surface area contributed by atoms with Gasteiger partial charge in [0.1, 0.15) is 0 Å². The molecule has 0 aromatic heterocycles. The summed E-state index contributed by atoms with van der Waals surface area (Å²) >= 11 is 6.05. The van der Waals surface area contributed by atoms with Crippen LogP contribution in [0, 0.1) is 0 Å². The van der Waals surface area contributed by atoms with Crippen LogP contribution in [0.15, 0.2) is 36.4 Å². The van der Waals surface area contributed by atoms with E-state index in [1.165, 1.54) is 6.08 Å². The summed E-state index contributed by atoms with van der Waals surface area (Å²) in [6.07, 6.45) is 1.45. The van der Waals surface area contributed by atoms with Gasteiger partial charge in [-0.3, -0.25) is 0 Å². The van der Waals surface area contributed by atoms with Crippen molar-refractivity contribution in [3.8, 4) is 0 Å². The molecule has 0 bridgehead atoms. The van der Waals surface area contributed by atoms with E-state index in [0.29, 0.717) is 6.61 Å². The van der Waals surface area contributed by atoms with Gasteiger partial charge in [-0.1, -0.05) is 30.3 Å². The summed E-state index contributed by atoms with van der Waals surface area (Å²) in [5.74, 6) is -0.353. The Hall–Kier alpha value is -1.28. The molecule has 1 aromatic rings. The Bertz CT molecular complexity index is 369. The van der Waals surface area contributed by atoms with E-state index in [2.05, 4.69) is 0 Å². The predicted molar refractivity (Wildman–Crippen MR) is 66.4 cm³/mol. The zero-order valence-electron chi connectivity index (χ0n) is 9.44. The quantitative estimate of drug-likeness (QED) is 0.457. The second kappa shape index (κ2) is 6.33. The summed E-state index contributed by atoms with van der Waals surface area (Å²) in [4.78, 5) is 11.4. The Morgan fingerprint density at radius 2 is 2.06 bits per heavy atom. The van der Waals surface area contributed by atoms with E-state index in [1.807, 2.05) is 37.3 Å². The summed E-state index contributed by atoms with van der Waals surface area (Å²) in [5.41, 5.74) is 1.72. The van der Waals surface area contributed by atoms with Gasteiger partial charge in [-0.05, 0) is 25.0 Å². The molecule has 0 heterocycles. The van der Waals surface area contributed by atoms with Gasteiger partial charge >= 0.3 is 5.97 Å². The van der Waals surface area contributed by atoms with Gasteiger partial charge in [0, 0.05) is 6.08 Å². The van der Waals surface area contributed by atoms with Crippen molar-refractivity contribution in [2.45, 2.75) is 19.2 Å². The molecule has 2 nitrogen and oxygen atoms in total. The van der Waals surface area contributed by atoms with Crippen LogP contribution in [0.2, 0.25) is 0 Å². The molecule has 0 aliphatic carbocycles. The summed E-state index contributed by atoms with van der Waals surface area (Å²) in [5, 5.41) is -0.230. The largest absolute Gasteiger partial charge is 0.463 e. The molecule has 0 amide bonds. The monoisotopic (exact) mass is 238 g/mol. The fourth-order valence-corrected chi connectivity index (χ4v) is 1.56. The molecule has 0 aliphatic rings. The minimum atomic E-state index is -0.353. The Balaban J connectivity index is 2.96. The van der Waals surface area contributed by atoms with Crippen molar-refractivity contribution in [3.63, 3.8) is 0 Å². The van der Waals surface area contributed by atoms with Gasteiger partial charge in [-0.15, -0.1) is 11.6 Å². The molecule has 0 saturated heterocycles. The molecule has 0 aliphatic heterocycles. The first-order valence-electron chi connectivity index (χ1n) is 5.23. The average molecular weight is 239 g/mol. The van der Waals surface area contributed by atoms with Gasteiger partial charge in [0.05, 0.1) is 12.0 Å². The molecular weight excluding hydrogens is 224 g/mol. The highest BCUT2D eigenvalue weighted by molar-refractivity contribution is 6.26. The molecule has 0 radical (unpaired) electrons. The second-order valence-electron chi connectivity index (χ2n) is 3.33. The van der Waals surface area contributed by atoms with Gasteiger partial charge in [0.15, 0.2) is 0 Å². The number of hydrogen-bond donors (Lipinski definition) is 0. The first kappa shape index (κ1) is 12.8. The first-order valence-corrected chi connectivity index (χ1v) is 5.66. The molecule has 1 aromatic carbocycles. The van der Waals surface area contributed by atoms with E-state index in [4.69, 9.17) is 16.3 Å². The molecule has 1 unspecified atom stereocenters. The van der Waals surface area contributed by atoms with Crippen LogP contribution in [0.3, 0.4) is 0 Å². The molecule has 0 fully saturated rings. The van der Waals surface area contributed by atoms with Crippen molar-refractivity contribution in [1.82, 2.24) is 0 Å². The van der Waals surface area contributed by atoms with Gasteiger partial charge in [0.2, 0.25) is 0 Å². The highest BCUT2D eigenvalue weighted by Crippen LogP contribution is 2.22. The minimum absolute atomic E-state index is 0.230. The van der Waals surface area contributed by atoms with Gasteiger partial charge in [-0.25, -0.2) is 4.79 Å². The van der Waals surface area contributed by atoms with Crippen LogP contribution in [0.5, 0.6) is 0 Å². The molecule has 3 heteroatoms. The smallest absolute Gasteiger partial charge is 0.331 e. The summed E-state index contributed by atoms with van der Waals surface area (Å²) in [6.45, 7) is 3.98. The molecule has 0 N–H and O–H groups in total. The third kappa shape index (κ3) is 3.70. The van der Waals surface area contributed by atoms with E-state index in [0.717, 1.165) is 11.1 Å². The highest BCUT2D eigenvalue weighted by Gasteiger charge is 2.10. The van der Waals surface area contributed by atoms with Crippen molar-refractivity contribution in [1.29, 1.82) is 0 Å². The number of rotatable bonds is 4. The normalized spacial score (nSPS) is 13.3. The lowest BCUT2D eigenvalue weighted by molar-refractivity contribution is -0.137. The van der Waals surface area contributed by atoms with Crippen LogP contribution in [0.1, 0.15) is 19.4 Å². The Kier molecular flexibility index (Phi) is 5.06. The van der Waals surface area contributed by atoms with Crippen LogP contribution < -0.4 is 0 Å². The Morgan fingerprint density at radius 1 is 1.44 bits per heavy atom. The standard InChI is InChI=1S/C13H15ClO2/c1-3-16-13(15)9-12(10(2)14)11-7-5-4-6-8-11/h4-10H,3H2,1-2H3/b12-9+. The van der Waals surface area contributed by atoms with Crippen molar-refractivity contribution >= 4 is 23.1 Å². The SMILES string of the molecule is CCOC(=O)/C=C(/c1ccccc1)C(C)Cl. The highest BCUT2D eigenvalue weighted by atomic mass is 35.5. The molecule has 1 atom stereocenters. The fraction of sp³-hybridized carbons (Fsp3) is 0.308. The molecule has 86 valence electrons. The zero-order valence-corrected chi connectivity index (χ0v) is 10.2. The molecule has 16 heavy (non-hydrogen) atoms. The minimum Gasteiger partial charge on any atom is -0.463 e. The lowest BCUT2D eigenvalue weighted by Gasteiger charge is -2.09. The summed E-state index contributed by atoms with van der Waals surface area (Å²) in [7, 11) is 0. The van der Waals surface area contributed by atoms with Crippen LogP contribution >= 0.6 is 11.6 Å². The number of carbonyl (C=O) groups excluding carboxylic acids is 1. The predicted octanol–water partition coefficient (Wildman–Crippen LogP) is 3.26. The number of benzene rings is 1. The average Bonchev–Trinajstić information content (AvgIpc) is 2.27. The topological polar surface area (TPSA) is 26.3 Å². The molecule has 0 saturated carbocycles. The van der Waals surface area contributed by atoms with Crippen molar-refractivity contribution in [3.05, 3.63) is 42.0 Å². The molecular formula is C13H15ClO2. The van der Waals surface area contributed by atoms with Crippen LogP contribution in [0.4, 0.5) is 0 Å². The van der Waals surface area contributed by atoms with Gasteiger partial charge in [0.25, 0.3) is 0 Å². The van der Waals surface area contributed by atoms with Gasteiger partial charge < -0.3 is 4.74 Å². The lowest BCUT2D eigenvalue weighted by Crippen LogP contribution is -2.05. The fourth-order valence-electron chi connectivity index (χ4n) is 1.37. The number of hydrogen-bond acceptors (Lipinski definition) is 2. The molecule has 1 rings (SSSR count). The number of esters is 1. The third-order valence-corrected chi connectivity index (χ3v) is 2.33. The van der Waals surface area contributed by atoms with Crippen molar-refractivity contribution in [2.75, 3.05) is 6.61 Å².